The van der Waals surface area contributed by atoms with Gasteiger partial charge in [0.15, 0.2) is 0 Å². The first kappa shape index (κ1) is 9.69. The van der Waals surface area contributed by atoms with Crippen LogP contribution >= 0.6 is 15.9 Å². The fourth-order valence-electron chi connectivity index (χ4n) is 2.77. The minimum atomic E-state index is 0.442. The molecular formula is C10H17BrN2. The van der Waals surface area contributed by atoms with E-state index in [2.05, 4.69) is 27.4 Å². The van der Waals surface area contributed by atoms with Crippen molar-refractivity contribution in [3.8, 4) is 0 Å². The van der Waals surface area contributed by atoms with Crippen LogP contribution in [0.1, 0.15) is 25.7 Å². The third-order valence-corrected chi connectivity index (χ3v) is 3.53. The van der Waals surface area contributed by atoms with Crippen molar-refractivity contribution in [2.24, 2.45) is 5.73 Å². The lowest BCUT2D eigenvalue weighted by Crippen LogP contribution is -2.47. The molecule has 2 atom stereocenters. The second-order valence-corrected chi connectivity index (χ2v) is 5.43. The molecule has 0 aromatic rings. The highest BCUT2D eigenvalue weighted by molar-refractivity contribution is 9.11. The second kappa shape index (κ2) is 3.71. The third-order valence-electron chi connectivity index (χ3n) is 3.27. The van der Waals surface area contributed by atoms with Crippen LogP contribution in [0.5, 0.6) is 0 Å². The first-order chi connectivity index (χ1) is 6.16. The molecule has 2 nitrogen and oxygen atoms in total. The summed E-state index contributed by atoms with van der Waals surface area (Å²) >= 11 is 3.44. The predicted molar refractivity (Wildman–Crippen MR) is 58.8 cm³/mol. The second-order valence-electron chi connectivity index (χ2n) is 4.31. The number of hydrogen-bond acceptors (Lipinski definition) is 2. The van der Waals surface area contributed by atoms with Crippen molar-refractivity contribution < 1.29 is 0 Å². The van der Waals surface area contributed by atoms with Gasteiger partial charge in [-0.3, -0.25) is 4.90 Å². The Kier molecular flexibility index (Phi) is 2.77. The normalized spacial score (nSPS) is 39.4. The van der Waals surface area contributed by atoms with Crippen LogP contribution < -0.4 is 5.73 Å². The summed E-state index contributed by atoms with van der Waals surface area (Å²) in [5, 5.41) is 0. The maximum Gasteiger partial charge on any atom is 0.0299 e. The topological polar surface area (TPSA) is 29.3 Å². The molecular weight excluding hydrogens is 228 g/mol. The van der Waals surface area contributed by atoms with E-state index in [9.17, 15) is 0 Å². The monoisotopic (exact) mass is 244 g/mol. The Bertz CT molecular complexity index is 203. The molecule has 0 aliphatic carbocycles. The molecule has 13 heavy (non-hydrogen) atoms. The van der Waals surface area contributed by atoms with Gasteiger partial charge in [-0.05, 0) is 25.7 Å². The Morgan fingerprint density at radius 1 is 1.38 bits per heavy atom. The van der Waals surface area contributed by atoms with Gasteiger partial charge in [-0.2, -0.15) is 0 Å². The zero-order valence-corrected chi connectivity index (χ0v) is 9.46. The summed E-state index contributed by atoms with van der Waals surface area (Å²) in [7, 11) is 0. The van der Waals surface area contributed by atoms with Crippen molar-refractivity contribution in [1.82, 2.24) is 4.90 Å². The SMILES string of the molecule is C=C(Br)CN1C2CCC1CC(N)C2. The van der Waals surface area contributed by atoms with E-state index in [1.165, 1.54) is 25.7 Å². The number of fused-ring (bicyclic) bond motifs is 2. The summed E-state index contributed by atoms with van der Waals surface area (Å²) in [5.41, 5.74) is 5.99. The molecule has 0 aromatic carbocycles. The number of nitrogens with zero attached hydrogens (tertiary/aromatic N) is 1. The lowest BCUT2D eigenvalue weighted by molar-refractivity contribution is 0.143. The molecule has 2 saturated heterocycles. The zero-order chi connectivity index (χ0) is 9.42. The van der Waals surface area contributed by atoms with Crippen LogP contribution in [-0.4, -0.2) is 29.6 Å². The molecule has 2 aliphatic rings. The first-order valence-electron chi connectivity index (χ1n) is 5.01. The van der Waals surface area contributed by atoms with Gasteiger partial charge in [0.25, 0.3) is 0 Å². The quantitative estimate of drug-likeness (QED) is 0.804. The predicted octanol–water partition coefficient (Wildman–Crippen LogP) is 1.85. The maximum atomic E-state index is 5.99. The molecule has 2 heterocycles. The van der Waals surface area contributed by atoms with Gasteiger partial charge in [0.2, 0.25) is 0 Å². The van der Waals surface area contributed by atoms with E-state index in [1.54, 1.807) is 0 Å². The van der Waals surface area contributed by atoms with Gasteiger partial charge in [-0.15, -0.1) is 0 Å². The summed E-state index contributed by atoms with van der Waals surface area (Å²) in [5.74, 6) is 0. The number of rotatable bonds is 2. The smallest absolute Gasteiger partial charge is 0.0299 e. The van der Waals surface area contributed by atoms with Crippen LogP contribution in [0.3, 0.4) is 0 Å². The minimum absolute atomic E-state index is 0.442. The van der Waals surface area contributed by atoms with E-state index in [4.69, 9.17) is 5.73 Å². The molecule has 2 unspecified atom stereocenters. The minimum Gasteiger partial charge on any atom is -0.328 e. The molecule has 2 fully saturated rings. The van der Waals surface area contributed by atoms with E-state index in [0.717, 1.165) is 23.1 Å². The molecule has 74 valence electrons. The highest BCUT2D eigenvalue weighted by Crippen LogP contribution is 2.35. The molecule has 2 bridgehead atoms. The standard InChI is InChI=1S/C10H17BrN2/c1-7(11)6-13-9-2-3-10(13)5-8(12)4-9/h8-10H,1-6,12H2. The highest BCUT2D eigenvalue weighted by atomic mass is 79.9. The van der Waals surface area contributed by atoms with Gasteiger partial charge >= 0.3 is 0 Å². The van der Waals surface area contributed by atoms with Crippen LogP contribution in [0.25, 0.3) is 0 Å². The molecule has 2 N–H and O–H groups in total. The van der Waals surface area contributed by atoms with Crippen molar-refractivity contribution in [3.05, 3.63) is 11.1 Å². The Morgan fingerprint density at radius 3 is 2.38 bits per heavy atom. The van der Waals surface area contributed by atoms with Crippen molar-refractivity contribution in [3.63, 3.8) is 0 Å². The van der Waals surface area contributed by atoms with Crippen molar-refractivity contribution >= 4 is 15.9 Å². The third kappa shape index (κ3) is 1.97. The molecule has 0 radical (unpaired) electrons. The van der Waals surface area contributed by atoms with Gasteiger partial charge in [-0.25, -0.2) is 0 Å². The van der Waals surface area contributed by atoms with Crippen molar-refractivity contribution in [1.29, 1.82) is 0 Å². The van der Waals surface area contributed by atoms with Crippen LogP contribution in [0, 0.1) is 0 Å². The van der Waals surface area contributed by atoms with Gasteiger partial charge in [0.1, 0.15) is 0 Å². The van der Waals surface area contributed by atoms with Gasteiger partial charge in [0, 0.05) is 29.2 Å². The van der Waals surface area contributed by atoms with Gasteiger partial charge in [-0.1, -0.05) is 22.5 Å². The maximum absolute atomic E-state index is 5.99. The number of halogens is 1. The zero-order valence-electron chi connectivity index (χ0n) is 7.88. The van der Waals surface area contributed by atoms with Crippen molar-refractivity contribution in [2.75, 3.05) is 6.54 Å². The fourth-order valence-corrected chi connectivity index (χ4v) is 3.06. The van der Waals surface area contributed by atoms with E-state index >= 15 is 0 Å². The molecule has 0 aromatic heterocycles. The Morgan fingerprint density at radius 2 is 1.92 bits per heavy atom. The van der Waals surface area contributed by atoms with Crippen molar-refractivity contribution in [2.45, 2.75) is 43.8 Å². The Balaban J connectivity index is 2.02. The molecule has 3 heteroatoms. The van der Waals surface area contributed by atoms with E-state index in [1.807, 2.05) is 0 Å². The number of piperidine rings is 1. The summed E-state index contributed by atoms with van der Waals surface area (Å²) in [6.07, 6.45) is 5.02. The van der Waals surface area contributed by atoms with E-state index in [-0.39, 0.29) is 0 Å². The molecule has 2 aliphatic heterocycles. The molecule has 0 saturated carbocycles. The summed E-state index contributed by atoms with van der Waals surface area (Å²) in [6.45, 7) is 4.91. The Hall–Kier alpha value is 0.140. The van der Waals surface area contributed by atoms with E-state index < -0.39 is 0 Å². The number of nitrogens with two attached hydrogens (primary N) is 1. The van der Waals surface area contributed by atoms with Crippen LogP contribution in [0.2, 0.25) is 0 Å². The molecule has 0 spiro atoms. The highest BCUT2D eigenvalue weighted by Gasteiger charge is 2.39. The largest absolute Gasteiger partial charge is 0.328 e. The van der Waals surface area contributed by atoms with Crippen LogP contribution in [0.4, 0.5) is 0 Å². The average Bonchev–Trinajstić information content (AvgIpc) is 2.32. The fraction of sp³-hybridized carbons (Fsp3) is 0.800. The molecule has 0 amide bonds. The van der Waals surface area contributed by atoms with E-state index in [0.29, 0.717) is 6.04 Å². The Labute approximate surface area is 88.3 Å². The lowest BCUT2D eigenvalue weighted by atomic mass is 9.98. The summed E-state index contributed by atoms with van der Waals surface area (Å²) < 4.78 is 1.10. The summed E-state index contributed by atoms with van der Waals surface area (Å²) in [4.78, 5) is 2.57. The molecule has 2 rings (SSSR count). The summed E-state index contributed by atoms with van der Waals surface area (Å²) in [6, 6.07) is 1.89. The van der Waals surface area contributed by atoms with Gasteiger partial charge in [0.05, 0.1) is 0 Å². The first-order valence-corrected chi connectivity index (χ1v) is 5.80. The lowest BCUT2D eigenvalue weighted by Gasteiger charge is -2.37. The average molecular weight is 245 g/mol. The van der Waals surface area contributed by atoms with Crippen LogP contribution in [0.15, 0.2) is 11.1 Å². The van der Waals surface area contributed by atoms with Gasteiger partial charge < -0.3 is 5.73 Å². The number of hydrogen-bond donors (Lipinski definition) is 1. The van der Waals surface area contributed by atoms with Crippen LogP contribution in [-0.2, 0) is 0 Å².